The van der Waals surface area contributed by atoms with Gasteiger partial charge in [-0.3, -0.25) is 9.36 Å². The van der Waals surface area contributed by atoms with Crippen LogP contribution >= 0.6 is 27.3 Å². The molecule has 3 aromatic heterocycles. The van der Waals surface area contributed by atoms with Crippen LogP contribution in [0.2, 0.25) is 0 Å². The summed E-state index contributed by atoms with van der Waals surface area (Å²) >= 11 is 4.69. The standard InChI is InChI=1S/C16H15BrN4O2S/c1-9-6-12(11(3)21(9)15-7-10(2)23-20-15)8-18-19-16(22)13-4-5-14(17)24-13/h4-8H,1-3H3,(H,19,22)/b18-8-. The zero-order chi connectivity index (χ0) is 17.3. The van der Waals surface area contributed by atoms with Crippen molar-refractivity contribution < 1.29 is 9.32 Å². The molecule has 8 heteroatoms. The highest BCUT2D eigenvalue weighted by Gasteiger charge is 2.13. The molecular weight excluding hydrogens is 392 g/mol. The molecule has 3 rings (SSSR count). The monoisotopic (exact) mass is 406 g/mol. The Morgan fingerprint density at radius 3 is 2.79 bits per heavy atom. The number of nitrogens with zero attached hydrogens (tertiary/aromatic N) is 3. The number of halogens is 1. The Labute approximate surface area is 151 Å². The summed E-state index contributed by atoms with van der Waals surface area (Å²) in [5.41, 5.74) is 5.42. The van der Waals surface area contributed by atoms with E-state index in [9.17, 15) is 4.79 Å². The van der Waals surface area contributed by atoms with Gasteiger partial charge in [0.25, 0.3) is 5.91 Å². The molecule has 1 amide bonds. The van der Waals surface area contributed by atoms with Crippen LogP contribution in [-0.4, -0.2) is 21.8 Å². The van der Waals surface area contributed by atoms with Crippen LogP contribution in [0.5, 0.6) is 0 Å². The number of nitrogens with one attached hydrogen (secondary N) is 1. The number of hydrogen-bond donors (Lipinski definition) is 1. The highest BCUT2D eigenvalue weighted by atomic mass is 79.9. The number of carbonyl (C=O) groups excluding carboxylic acids is 1. The lowest BCUT2D eigenvalue weighted by molar-refractivity contribution is 0.0959. The van der Waals surface area contributed by atoms with E-state index in [2.05, 4.69) is 31.6 Å². The first-order chi connectivity index (χ1) is 11.5. The van der Waals surface area contributed by atoms with Crippen molar-refractivity contribution >= 4 is 39.4 Å². The molecule has 0 atom stereocenters. The highest BCUT2D eigenvalue weighted by Crippen LogP contribution is 2.22. The number of aryl methyl sites for hydroxylation is 2. The Balaban J connectivity index is 1.77. The Kier molecular flexibility index (Phi) is 4.68. The van der Waals surface area contributed by atoms with E-state index in [0.29, 0.717) is 4.88 Å². The van der Waals surface area contributed by atoms with Crippen LogP contribution in [0.15, 0.2) is 37.7 Å². The summed E-state index contributed by atoms with van der Waals surface area (Å²) < 4.78 is 8.03. The molecule has 0 aliphatic carbocycles. The minimum atomic E-state index is -0.233. The normalized spacial score (nSPS) is 11.3. The maximum absolute atomic E-state index is 12.0. The van der Waals surface area contributed by atoms with Crippen molar-refractivity contribution in [3.8, 4) is 5.82 Å². The summed E-state index contributed by atoms with van der Waals surface area (Å²) in [5.74, 6) is 1.25. The van der Waals surface area contributed by atoms with Gasteiger partial charge in [0, 0.05) is 23.0 Å². The van der Waals surface area contributed by atoms with Gasteiger partial charge in [-0.25, -0.2) is 5.43 Å². The van der Waals surface area contributed by atoms with Gasteiger partial charge in [0.05, 0.1) is 14.9 Å². The van der Waals surface area contributed by atoms with E-state index in [0.717, 1.165) is 32.3 Å². The van der Waals surface area contributed by atoms with Gasteiger partial charge in [-0.15, -0.1) is 11.3 Å². The van der Waals surface area contributed by atoms with Gasteiger partial charge in [-0.05, 0) is 54.9 Å². The van der Waals surface area contributed by atoms with Crippen LogP contribution in [0.4, 0.5) is 0 Å². The largest absolute Gasteiger partial charge is 0.360 e. The van der Waals surface area contributed by atoms with E-state index in [1.165, 1.54) is 11.3 Å². The Morgan fingerprint density at radius 1 is 1.38 bits per heavy atom. The van der Waals surface area contributed by atoms with Crippen molar-refractivity contribution in [3.63, 3.8) is 0 Å². The summed E-state index contributed by atoms with van der Waals surface area (Å²) in [6.45, 7) is 5.80. The third-order valence-corrected chi connectivity index (χ3v) is 5.10. The summed E-state index contributed by atoms with van der Waals surface area (Å²) in [6.07, 6.45) is 1.63. The summed E-state index contributed by atoms with van der Waals surface area (Å²) in [4.78, 5) is 12.6. The molecule has 0 aliphatic rings. The van der Waals surface area contributed by atoms with Gasteiger partial charge in [0.2, 0.25) is 0 Å². The molecule has 3 aromatic rings. The summed E-state index contributed by atoms with van der Waals surface area (Å²) in [6, 6.07) is 7.43. The number of hydrogen-bond acceptors (Lipinski definition) is 5. The van der Waals surface area contributed by atoms with Crippen molar-refractivity contribution in [1.29, 1.82) is 0 Å². The highest BCUT2D eigenvalue weighted by molar-refractivity contribution is 9.11. The molecule has 1 N–H and O–H groups in total. The fourth-order valence-electron chi connectivity index (χ4n) is 2.38. The smallest absolute Gasteiger partial charge is 0.281 e. The SMILES string of the molecule is Cc1cc(-n2c(C)cc(/C=N\NC(=O)c3ccc(Br)s3)c2C)no1. The predicted molar refractivity (Wildman–Crippen MR) is 97.1 cm³/mol. The lowest BCUT2D eigenvalue weighted by atomic mass is 10.3. The van der Waals surface area contributed by atoms with Gasteiger partial charge in [0.1, 0.15) is 5.76 Å². The molecule has 0 saturated carbocycles. The second kappa shape index (κ2) is 6.74. The van der Waals surface area contributed by atoms with Crippen LogP contribution in [0.1, 0.15) is 32.4 Å². The second-order valence-corrected chi connectivity index (χ2v) is 7.72. The molecule has 0 radical (unpaired) electrons. The molecule has 0 saturated heterocycles. The molecule has 124 valence electrons. The van der Waals surface area contributed by atoms with Crippen molar-refractivity contribution in [2.75, 3.05) is 0 Å². The number of thiophene rings is 1. The molecule has 0 aromatic carbocycles. The molecular formula is C16H15BrN4O2S. The summed E-state index contributed by atoms with van der Waals surface area (Å²) in [5, 5.41) is 8.09. The molecule has 0 bridgehead atoms. The average molecular weight is 407 g/mol. The summed E-state index contributed by atoms with van der Waals surface area (Å²) in [7, 11) is 0. The van der Waals surface area contributed by atoms with E-state index in [1.807, 2.05) is 43.5 Å². The first-order valence-electron chi connectivity index (χ1n) is 7.17. The Hall–Kier alpha value is -2.19. The molecule has 0 fully saturated rings. The van der Waals surface area contributed by atoms with Gasteiger partial charge >= 0.3 is 0 Å². The number of aromatic nitrogens is 2. The van der Waals surface area contributed by atoms with Crippen LogP contribution in [-0.2, 0) is 0 Å². The molecule has 0 spiro atoms. The average Bonchev–Trinajstić information content (AvgIpc) is 3.20. The van der Waals surface area contributed by atoms with Gasteiger partial charge in [0.15, 0.2) is 5.82 Å². The van der Waals surface area contributed by atoms with Gasteiger partial charge in [-0.2, -0.15) is 5.10 Å². The van der Waals surface area contributed by atoms with E-state index in [1.54, 1.807) is 12.3 Å². The number of carbonyl (C=O) groups is 1. The molecule has 0 aliphatic heterocycles. The third kappa shape index (κ3) is 3.34. The van der Waals surface area contributed by atoms with Crippen molar-refractivity contribution in [1.82, 2.24) is 15.1 Å². The maximum atomic E-state index is 12.0. The lowest BCUT2D eigenvalue weighted by Gasteiger charge is -2.03. The van der Waals surface area contributed by atoms with Crippen LogP contribution in [0.3, 0.4) is 0 Å². The zero-order valence-corrected chi connectivity index (χ0v) is 15.7. The number of rotatable bonds is 4. The molecule has 24 heavy (non-hydrogen) atoms. The van der Waals surface area contributed by atoms with Crippen LogP contribution in [0, 0.1) is 20.8 Å². The van der Waals surface area contributed by atoms with Crippen LogP contribution < -0.4 is 5.43 Å². The Bertz CT molecular complexity index is 923. The predicted octanol–water partition coefficient (Wildman–Crippen LogP) is 3.98. The van der Waals surface area contributed by atoms with E-state index >= 15 is 0 Å². The van der Waals surface area contributed by atoms with Crippen molar-refractivity contribution in [2.24, 2.45) is 5.10 Å². The molecule has 3 heterocycles. The fourth-order valence-corrected chi connectivity index (χ4v) is 3.66. The van der Waals surface area contributed by atoms with Gasteiger partial charge < -0.3 is 4.52 Å². The van der Waals surface area contributed by atoms with Crippen LogP contribution in [0.25, 0.3) is 5.82 Å². The first kappa shape index (κ1) is 16.7. The Morgan fingerprint density at radius 2 is 2.17 bits per heavy atom. The van der Waals surface area contributed by atoms with E-state index in [4.69, 9.17) is 4.52 Å². The first-order valence-corrected chi connectivity index (χ1v) is 8.78. The van der Waals surface area contributed by atoms with E-state index in [-0.39, 0.29) is 5.91 Å². The number of hydrazone groups is 1. The molecule has 0 unspecified atom stereocenters. The fraction of sp³-hybridized carbons (Fsp3) is 0.188. The topological polar surface area (TPSA) is 72.4 Å². The minimum Gasteiger partial charge on any atom is -0.360 e. The van der Waals surface area contributed by atoms with Crippen molar-refractivity contribution in [2.45, 2.75) is 20.8 Å². The van der Waals surface area contributed by atoms with Gasteiger partial charge in [-0.1, -0.05) is 5.16 Å². The molecule has 6 nitrogen and oxygen atoms in total. The minimum absolute atomic E-state index is 0.233. The number of amides is 1. The van der Waals surface area contributed by atoms with Crippen molar-refractivity contribution in [3.05, 3.63) is 55.6 Å². The maximum Gasteiger partial charge on any atom is 0.281 e. The lowest BCUT2D eigenvalue weighted by Crippen LogP contribution is -2.16. The second-order valence-electron chi connectivity index (χ2n) is 5.26. The zero-order valence-electron chi connectivity index (χ0n) is 13.3. The quantitative estimate of drug-likeness (QED) is 0.525. The van der Waals surface area contributed by atoms with E-state index < -0.39 is 0 Å². The third-order valence-electron chi connectivity index (χ3n) is 3.48.